The number of sulfone groups is 1. The maximum atomic E-state index is 12.1. The lowest BCUT2D eigenvalue weighted by atomic mass is 9.85. The van der Waals surface area contributed by atoms with Crippen molar-refractivity contribution >= 4 is 27.0 Å². The van der Waals surface area contributed by atoms with Crippen molar-refractivity contribution in [3.05, 3.63) is 33.9 Å². The minimum Gasteiger partial charge on any atom is -0.369 e. The van der Waals surface area contributed by atoms with Crippen LogP contribution in [-0.4, -0.2) is 44.3 Å². The number of anilines is 1. The molecular weight excluding hydrogens is 358 g/mol. The molecule has 0 unspecified atom stereocenters. The van der Waals surface area contributed by atoms with Crippen molar-refractivity contribution < 1.29 is 13.2 Å². The van der Waals surface area contributed by atoms with E-state index in [0.29, 0.717) is 11.6 Å². The zero-order chi connectivity index (χ0) is 17.7. The fourth-order valence-electron chi connectivity index (χ4n) is 3.74. The summed E-state index contributed by atoms with van der Waals surface area (Å²) in [6.45, 7) is 3.97. The molecule has 1 fully saturated rings. The summed E-state index contributed by atoms with van der Waals surface area (Å²) in [4.78, 5) is 12.1. The van der Waals surface area contributed by atoms with E-state index in [-0.39, 0.29) is 10.5 Å². The third kappa shape index (κ3) is 2.96. The molecule has 25 heavy (non-hydrogen) atoms. The highest BCUT2D eigenvalue weighted by atomic mass is 32.2. The highest BCUT2D eigenvalue weighted by molar-refractivity contribution is 7.90. The number of ether oxygens (including phenoxy) is 1. The number of rotatable bonds is 2. The molecule has 1 saturated heterocycles. The Balaban J connectivity index is 1.63. The molecule has 0 N–H and O–H groups in total. The largest absolute Gasteiger partial charge is 0.369 e. The van der Waals surface area contributed by atoms with Crippen LogP contribution in [0, 0.1) is 6.92 Å². The van der Waals surface area contributed by atoms with Gasteiger partial charge in [-0.2, -0.15) is 0 Å². The first kappa shape index (κ1) is 16.9. The normalized spacial score (nSPS) is 19.8. The molecule has 0 bridgehead atoms. The first-order chi connectivity index (χ1) is 11.9. The minimum atomic E-state index is -3.37. The summed E-state index contributed by atoms with van der Waals surface area (Å²) in [5.41, 5.74) is 1.19. The molecular formula is C17H21N3O3S2. The quantitative estimate of drug-likeness (QED) is 0.797. The second-order valence-corrected chi connectivity index (χ2v) is 9.63. The summed E-state index contributed by atoms with van der Waals surface area (Å²) in [6.07, 6.45) is 5.29. The van der Waals surface area contributed by atoms with Gasteiger partial charge in [0.15, 0.2) is 15.7 Å². The lowest BCUT2D eigenvalue weighted by Crippen LogP contribution is -2.46. The zero-order valence-electron chi connectivity index (χ0n) is 14.4. The molecule has 2 aliphatic heterocycles. The number of aryl methyl sites for hydroxylation is 1. The number of hydrogen-bond acceptors (Lipinski definition) is 7. The standard InChI is InChI=1S/C17H21N3O3S2/c1-12-18-11-14(25(2,21)22)16(19-12)20-7-5-17(6-8-20)15-13(3-9-23-17)4-10-24-15/h4,10-11H,3,5-9H2,1-2H3. The molecule has 1 spiro atoms. The number of hydrogen-bond donors (Lipinski definition) is 0. The SMILES string of the molecule is Cc1ncc(S(C)(=O)=O)c(N2CCC3(CC2)OCCc2ccsc23)n1. The van der Waals surface area contributed by atoms with Crippen molar-refractivity contribution in [2.24, 2.45) is 0 Å². The molecule has 2 aromatic rings. The summed E-state index contributed by atoms with van der Waals surface area (Å²) >= 11 is 1.77. The van der Waals surface area contributed by atoms with Gasteiger partial charge in [0.05, 0.1) is 12.8 Å². The first-order valence-corrected chi connectivity index (χ1v) is 11.2. The van der Waals surface area contributed by atoms with Crippen LogP contribution < -0.4 is 4.90 Å². The van der Waals surface area contributed by atoms with Gasteiger partial charge in [-0.05, 0) is 43.2 Å². The molecule has 6 nitrogen and oxygen atoms in total. The third-order valence-corrected chi connectivity index (χ3v) is 7.27. The van der Waals surface area contributed by atoms with Crippen LogP contribution in [0.2, 0.25) is 0 Å². The molecule has 0 amide bonds. The molecule has 2 aliphatic rings. The molecule has 0 atom stereocenters. The van der Waals surface area contributed by atoms with E-state index in [0.717, 1.165) is 39.0 Å². The Morgan fingerprint density at radius 1 is 1.32 bits per heavy atom. The van der Waals surface area contributed by atoms with Crippen molar-refractivity contribution in [2.75, 3.05) is 30.9 Å². The monoisotopic (exact) mass is 379 g/mol. The number of fused-ring (bicyclic) bond motifs is 2. The highest BCUT2D eigenvalue weighted by Crippen LogP contribution is 2.44. The molecule has 4 rings (SSSR count). The number of piperidine rings is 1. The van der Waals surface area contributed by atoms with Gasteiger partial charge in [-0.3, -0.25) is 0 Å². The van der Waals surface area contributed by atoms with Crippen LogP contribution in [0.4, 0.5) is 5.82 Å². The average Bonchev–Trinajstić information content (AvgIpc) is 3.05. The number of thiophene rings is 1. The molecule has 0 radical (unpaired) electrons. The maximum Gasteiger partial charge on any atom is 0.180 e. The fraction of sp³-hybridized carbons (Fsp3) is 0.529. The van der Waals surface area contributed by atoms with E-state index in [1.54, 1.807) is 18.3 Å². The minimum absolute atomic E-state index is 0.204. The van der Waals surface area contributed by atoms with Gasteiger partial charge in [0.2, 0.25) is 0 Å². The Labute approximate surface area is 151 Å². The van der Waals surface area contributed by atoms with Gasteiger partial charge >= 0.3 is 0 Å². The van der Waals surface area contributed by atoms with Gasteiger partial charge in [-0.15, -0.1) is 11.3 Å². The van der Waals surface area contributed by atoms with Crippen molar-refractivity contribution in [3.8, 4) is 0 Å². The summed E-state index contributed by atoms with van der Waals surface area (Å²) in [6, 6.07) is 2.20. The third-order valence-electron chi connectivity index (χ3n) is 5.04. The van der Waals surface area contributed by atoms with Gasteiger partial charge in [-0.1, -0.05) is 0 Å². The number of aromatic nitrogens is 2. The Morgan fingerprint density at radius 2 is 2.08 bits per heavy atom. The number of nitrogens with zero attached hydrogens (tertiary/aromatic N) is 3. The fourth-order valence-corrected chi connectivity index (χ4v) is 5.66. The molecule has 8 heteroatoms. The van der Waals surface area contributed by atoms with Crippen LogP contribution in [0.15, 0.2) is 22.5 Å². The van der Waals surface area contributed by atoms with Crippen molar-refractivity contribution in [1.29, 1.82) is 0 Å². The van der Waals surface area contributed by atoms with E-state index in [1.165, 1.54) is 22.9 Å². The second-order valence-electron chi connectivity index (χ2n) is 6.73. The Hall–Kier alpha value is -1.51. The predicted molar refractivity (Wildman–Crippen MR) is 97.0 cm³/mol. The van der Waals surface area contributed by atoms with Crippen LogP contribution in [0.5, 0.6) is 0 Å². The first-order valence-electron chi connectivity index (χ1n) is 8.38. The second kappa shape index (κ2) is 6.03. The van der Waals surface area contributed by atoms with E-state index >= 15 is 0 Å². The smallest absolute Gasteiger partial charge is 0.180 e. The topological polar surface area (TPSA) is 72.4 Å². The van der Waals surface area contributed by atoms with Crippen LogP contribution in [0.1, 0.15) is 29.1 Å². The lowest BCUT2D eigenvalue weighted by molar-refractivity contribution is -0.0736. The predicted octanol–water partition coefficient (Wildman–Crippen LogP) is 2.32. The highest BCUT2D eigenvalue weighted by Gasteiger charge is 2.42. The molecule has 0 aromatic carbocycles. The van der Waals surface area contributed by atoms with Gasteiger partial charge in [0.25, 0.3) is 0 Å². The molecule has 0 aliphatic carbocycles. The average molecular weight is 380 g/mol. The molecule has 134 valence electrons. The zero-order valence-corrected chi connectivity index (χ0v) is 16.0. The van der Waals surface area contributed by atoms with Crippen LogP contribution in [-0.2, 0) is 26.6 Å². The molecule has 4 heterocycles. The van der Waals surface area contributed by atoms with Gasteiger partial charge in [-0.25, -0.2) is 18.4 Å². The van der Waals surface area contributed by atoms with Gasteiger partial charge in [0.1, 0.15) is 16.3 Å². The van der Waals surface area contributed by atoms with Crippen molar-refractivity contribution in [1.82, 2.24) is 9.97 Å². The Bertz CT molecular complexity index is 900. The van der Waals surface area contributed by atoms with E-state index in [9.17, 15) is 8.42 Å². The van der Waals surface area contributed by atoms with E-state index in [2.05, 4.69) is 26.3 Å². The van der Waals surface area contributed by atoms with Gasteiger partial charge < -0.3 is 9.64 Å². The van der Waals surface area contributed by atoms with Crippen LogP contribution in [0.3, 0.4) is 0 Å². The van der Waals surface area contributed by atoms with Crippen molar-refractivity contribution in [3.63, 3.8) is 0 Å². The summed E-state index contributed by atoms with van der Waals surface area (Å²) < 4.78 is 30.4. The van der Waals surface area contributed by atoms with E-state index in [4.69, 9.17) is 4.74 Å². The summed E-state index contributed by atoms with van der Waals surface area (Å²) in [7, 11) is -3.37. The van der Waals surface area contributed by atoms with E-state index < -0.39 is 9.84 Å². The van der Waals surface area contributed by atoms with Crippen molar-refractivity contribution in [2.45, 2.75) is 36.7 Å². The molecule has 0 saturated carbocycles. The van der Waals surface area contributed by atoms with E-state index in [1.807, 2.05) is 0 Å². The Morgan fingerprint density at radius 3 is 2.80 bits per heavy atom. The van der Waals surface area contributed by atoms with Gasteiger partial charge in [0, 0.05) is 24.2 Å². The van der Waals surface area contributed by atoms with Crippen LogP contribution >= 0.6 is 11.3 Å². The lowest BCUT2D eigenvalue weighted by Gasteiger charge is -2.44. The maximum absolute atomic E-state index is 12.1. The summed E-state index contributed by atoms with van der Waals surface area (Å²) in [5, 5.41) is 2.14. The van der Waals surface area contributed by atoms with Crippen LogP contribution in [0.25, 0.3) is 0 Å². The Kier molecular flexibility index (Phi) is 4.09. The summed E-state index contributed by atoms with van der Waals surface area (Å²) in [5.74, 6) is 1.10. The molecule has 2 aromatic heterocycles.